The molecular formula is C16H19NS2. The van der Waals surface area contributed by atoms with E-state index in [1.54, 1.807) is 0 Å². The molecule has 0 amide bonds. The van der Waals surface area contributed by atoms with Gasteiger partial charge in [-0.05, 0) is 54.0 Å². The molecule has 0 saturated heterocycles. The molecule has 0 spiro atoms. The lowest BCUT2D eigenvalue weighted by Crippen LogP contribution is -2.33. The molecule has 1 N–H and O–H groups in total. The van der Waals surface area contributed by atoms with Gasteiger partial charge in [-0.15, -0.1) is 22.7 Å². The molecule has 0 aliphatic heterocycles. The minimum absolute atomic E-state index is 0.797. The second-order valence-corrected chi connectivity index (χ2v) is 7.88. The summed E-state index contributed by atoms with van der Waals surface area (Å²) in [6.45, 7) is 1.06. The van der Waals surface area contributed by atoms with Crippen molar-refractivity contribution >= 4 is 22.7 Å². The molecule has 2 bridgehead atoms. The number of hydrogen-bond acceptors (Lipinski definition) is 3. The van der Waals surface area contributed by atoms with Crippen LogP contribution in [-0.2, 0) is 6.54 Å². The van der Waals surface area contributed by atoms with Crippen LogP contribution in [0.2, 0.25) is 0 Å². The Bertz CT molecular complexity index is 543. The van der Waals surface area contributed by atoms with E-state index in [0.29, 0.717) is 0 Å². The van der Waals surface area contributed by atoms with E-state index in [-0.39, 0.29) is 0 Å². The Hall–Kier alpha value is -0.640. The van der Waals surface area contributed by atoms with E-state index in [1.165, 1.54) is 41.0 Å². The molecule has 4 rings (SSSR count). The van der Waals surface area contributed by atoms with Crippen molar-refractivity contribution in [2.75, 3.05) is 0 Å². The zero-order valence-electron chi connectivity index (χ0n) is 11.0. The Kier molecular flexibility index (Phi) is 3.22. The fourth-order valence-corrected chi connectivity index (χ4v) is 5.40. The highest BCUT2D eigenvalue weighted by Gasteiger charge is 2.38. The lowest BCUT2D eigenvalue weighted by atomic mass is 9.95. The summed E-state index contributed by atoms with van der Waals surface area (Å²) in [6.07, 6.45) is 5.87. The maximum atomic E-state index is 3.80. The predicted molar refractivity (Wildman–Crippen MR) is 83.7 cm³/mol. The molecule has 0 radical (unpaired) electrons. The van der Waals surface area contributed by atoms with E-state index in [2.05, 4.69) is 34.3 Å². The molecule has 3 atom stereocenters. The number of rotatable bonds is 4. The summed E-state index contributed by atoms with van der Waals surface area (Å²) < 4.78 is 0. The first kappa shape index (κ1) is 12.1. The molecule has 19 heavy (non-hydrogen) atoms. The third kappa shape index (κ3) is 2.39. The van der Waals surface area contributed by atoms with Crippen LogP contribution in [-0.4, -0.2) is 6.04 Å². The molecule has 2 aromatic rings. The number of fused-ring (bicyclic) bond motifs is 2. The first-order valence-electron chi connectivity index (χ1n) is 7.23. The van der Waals surface area contributed by atoms with Gasteiger partial charge in [0.2, 0.25) is 0 Å². The molecule has 2 aromatic heterocycles. The van der Waals surface area contributed by atoms with Gasteiger partial charge in [-0.2, -0.15) is 0 Å². The van der Waals surface area contributed by atoms with Gasteiger partial charge in [0, 0.05) is 27.9 Å². The first-order chi connectivity index (χ1) is 9.38. The molecule has 1 nitrogen and oxygen atoms in total. The first-order valence-corrected chi connectivity index (χ1v) is 8.99. The zero-order chi connectivity index (χ0) is 12.7. The summed E-state index contributed by atoms with van der Waals surface area (Å²) in [5.41, 5.74) is 1.39. The van der Waals surface area contributed by atoms with E-state index >= 15 is 0 Å². The molecular weight excluding hydrogens is 270 g/mol. The van der Waals surface area contributed by atoms with Crippen molar-refractivity contribution in [3.63, 3.8) is 0 Å². The van der Waals surface area contributed by atoms with Gasteiger partial charge in [0.1, 0.15) is 0 Å². The Labute approximate surface area is 122 Å². The summed E-state index contributed by atoms with van der Waals surface area (Å²) in [4.78, 5) is 2.87. The molecule has 2 heterocycles. The zero-order valence-corrected chi connectivity index (χ0v) is 12.6. The van der Waals surface area contributed by atoms with Gasteiger partial charge in [-0.25, -0.2) is 0 Å². The average molecular weight is 289 g/mol. The largest absolute Gasteiger partial charge is 0.309 e. The van der Waals surface area contributed by atoms with Crippen molar-refractivity contribution in [2.24, 2.45) is 11.8 Å². The Morgan fingerprint density at radius 3 is 2.95 bits per heavy atom. The Balaban J connectivity index is 1.38. The summed E-state index contributed by atoms with van der Waals surface area (Å²) in [7, 11) is 0. The monoisotopic (exact) mass is 289 g/mol. The second kappa shape index (κ2) is 5.04. The molecule has 2 saturated carbocycles. The van der Waals surface area contributed by atoms with Crippen molar-refractivity contribution in [3.05, 3.63) is 33.8 Å². The third-order valence-corrected chi connectivity index (χ3v) is 6.59. The van der Waals surface area contributed by atoms with Crippen LogP contribution in [0.25, 0.3) is 10.4 Å². The van der Waals surface area contributed by atoms with E-state index in [4.69, 9.17) is 0 Å². The van der Waals surface area contributed by atoms with Crippen LogP contribution < -0.4 is 5.32 Å². The lowest BCUT2D eigenvalue weighted by Gasteiger charge is -2.22. The van der Waals surface area contributed by atoms with Crippen molar-refractivity contribution in [3.8, 4) is 10.4 Å². The van der Waals surface area contributed by atoms with Crippen molar-refractivity contribution in [2.45, 2.75) is 38.3 Å². The molecule has 100 valence electrons. The van der Waals surface area contributed by atoms with Crippen molar-refractivity contribution in [1.29, 1.82) is 0 Å². The van der Waals surface area contributed by atoms with Crippen LogP contribution >= 0.6 is 22.7 Å². The van der Waals surface area contributed by atoms with Gasteiger partial charge in [-0.1, -0.05) is 12.5 Å². The van der Waals surface area contributed by atoms with E-state index in [1.807, 2.05) is 22.7 Å². The van der Waals surface area contributed by atoms with Crippen LogP contribution in [0.4, 0.5) is 0 Å². The van der Waals surface area contributed by atoms with Gasteiger partial charge < -0.3 is 5.32 Å². The molecule has 2 aliphatic rings. The molecule has 0 aromatic carbocycles. The van der Waals surface area contributed by atoms with Gasteiger partial charge in [-0.3, -0.25) is 0 Å². The van der Waals surface area contributed by atoms with Crippen molar-refractivity contribution < 1.29 is 0 Å². The highest BCUT2D eigenvalue weighted by molar-refractivity contribution is 7.14. The molecule has 3 unspecified atom stereocenters. The van der Waals surface area contributed by atoms with Crippen LogP contribution in [0.15, 0.2) is 29.0 Å². The third-order valence-electron chi connectivity index (χ3n) is 4.74. The number of nitrogens with one attached hydrogen (secondary N) is 1. The standard InChI is InChI=1S/C16H19NS2/c1-2-16(18-5-1)13-8-14(19-10-13)9-17-15-7-11-3-4-12(15)6-11/h1-2,5,8,10-12,15,17H,3-4,6-7,9H2. The Morgan fingerprint density at radius 1 is 1.21 bits per heavy atom. The minimum Gasteiger partial charge on any atom is -0.309 e. The predicted octanol–water partition coefficient (Wildman–Crippen LogP) is 4.75. The minimum atomic E-state index is 0.797. The Morgan fingerprint density at radius 2 is 2.21 bits per heavy atom. The van der Waals surface area contributed by atoms with E-state index in [0.717, 1.165) is 24.4 Å². The van der Waals surface area contributed by atoms with Crippen LogP contribution in [0.5, 0.6) is 0 Å². The van der Waals surface area contributed by atoms with Gasteiger partial charge in [0.05, 0.1) is 0 Å². The molecule has 3 heteroatoms. The highest BCUT2D eigenvalue weighted by atomic mass is 32.1. The number of hydrogen-bond donors (Lipinski definition) is 1. The fraction of sp³-hybridized carbons (Fsp3) is 0.500. The smallest absolute Gasteiger partial charge is 0.0351 e. The summed E-state index contributed by atoms with van der Waals surface area (Å²) in [6, 6.07) is 7.49. The normalized spacial score (nSPS) is 29.2. The summed E-state index contributed by atoms with van der Waals surface area (Å²) in [5, 5.41) is 8.25. The van der Waals surface area contributed by atoms with Gasteiger partial charge >= 0.3 is 0 Å². The highest BCUT2D eigenvalue weighted by Crippen LogP contribution is 2.44. The van der Waals surface area contributed by atoms with E-state index < -0.39 is 0 Å². The second-order valence-electron chi connectivity index (χ2n) is 5.94. The average Bonchev–Trinajstić information content (AvgIpc) is 3.17. The van der Waals surface area contributed by atoms with Crippen LogP contribution in [0, 0.1) is 11.8 Å². The quantitative estimate of drug-likeness (QED) is 0.856. The van der Waals surface area contributed by atoms with Crippen LogP contribution in [0.1, 0.15) is 30.6 Å². The summed E-state index contributed by atoms with van der Waals surface area (Å²) >= 11 is 3.72. The fourth-order valence-electron chi connectivity index (χ4n) is 3.77. The molecule has 2 aliphatic carbocycles. The number of thiophene rings is 2. The lowest BCUT2D eigenvalue weighted by molar-refractivity contribution is 0.351. The van der Waals surface area contributed by atoms with E-state index in [9.17, 15) is 0 Å². The maximum Gasteiger partial charge on any atom is 0.0351 e. The van der Waals surface area contributed by atoms with Gasteiger partial charge in [0.25, 0.3) is 0 Å². The maximum absolute atomic E-state index is 3.80. The van der Waals surface area contributed by atoms with Gasteiger partial charge in [0.15, 0.2) is 0 Å². The van der Waals surface area contributed by atoms with Crippen molar-refractivity contribution in [1.82, 2.24) is 5.32 Å². The molecule has 2 fully saturated rings. The topological polar surface area (TPSA) is 12.0 Å². The summed E-state index contributed by atoms with van der Waals surface area (Å²) in [5.74, 6) is 2.01. The van der Waals surface area contributed by atoms with Crippen LogP contribution in [0.3, 0.4) is 0 Å². The SMILES string of the molecule is c1csc(-c2csc(CNC3CC4CCC3C4)c2)c1.